The number of hydrogen-bond donors (Lipinski definition) is 1. The van der Waals surface area contributed by atoms with Gasteiger partial charge in [0.05, 0.1) is 4.88 Å². The molecule has 12 heteroatoms. The van der Waals surface area contributed by atoms with Crippen molar-refractivity contribution in [1.82, 2.24) is 25.5 Å². The number of ether oxygens (including phenoxy) is 1. The Morgan fingerprint density at radius 1 is 1.39 bits per heavy atom. The Balaban J connectivity index is 1.76. The summed E-state index contributed by atoms with van der Waals surface area (Å²) >= 11 is 1.39. The topological polar surface area (TPSA) is 99.0 Å². The van der Waals surface area contributed by atoms with Gasteiger partial charge < -0.3 is 10.1 Å². The van der Waals surface area contributed by atoms with Gasteiger partial charge in [0.2, 0.25) is 5.82 Å². The first kappa shape index (κ1) is 16.9. The predicted octanol–water partition coefficient (Wildman–Crippen LogP) is 0.623. The highest BCUT2D eigenvalue weighted by Gasteiger charge is 2.27. The molecule has 0 radical (unpaired) electrons. The van der Waals surface area contributed by atoms with E-state index in [2.05, 4.69) is 20.1 Å². The maximum atomic E-state index is 11.9. The van der Waals surface area contributed by atoms with Crippen LogP contribution in [0.5, 0.6) is 0 Å². The van der Waals surface area contributed by atoms with Gasteiger partial charge in [0.25, 0.3) is 5.91 Å². The number of aromatic nitrogens is 4. The van der Waals surface area contributed by atoms with Crippen LogP contribution in [0.3, 0.4) is 0 Å². The van der Waals surface area contributed by atoms with Crippen molar-refractivity contribution in [1.29, 1.82) is 0 Å². The fraction of sp³-hybridized carbons (Fsp3) is 0.364. The van der Waals surface area contributed by atoms with Gasteiger partial charge in [-0.2, -0.15) is 18.0 Å². The molecule has 0 saturated carbocycles. The second kappa shape index (κ2) is 7.17. The lowest BCUT2D eigenvalue weighted by Gasteiger charge is -2.08. The van der Waals surface area contributed by atoms with Gasteiger partial charge >= 0.3 is 12.1 Å². The second-order valence-electron chi connectivity index (χ2n) is 4.17. The van der Waals surface area contributed by atoms with Crippen LogP contribution >= 0.6 is 11.3 Å². The summed E-state index contributed by atoms with van der Waals surface area (Å²) in [4.78, 5) is 24.3. The van der Waals surface area contributed by atoms with Crippen molar-refractivity contribution >= 4 is 23.2 Å². The number of nitrogens with zero attached hydrogens (tertiary/aromatic N) is 4. The van der Waals surface area contributed by atoms with E-state index in [1.807, 2.05) is 5.38 Å². The number of alkyl halides is 3. The number of esters is 1. The van der Waals surface area contributed by atoms with Gasteiger partial charge in [-0.25, -0.2) is 4.79 Å². The number of amides is 1. The van der Waals surface area contributed by atoms with E-state index in [0.717, 1.165) is 9.67 Å². The molecule has 23 heavy (non-hydrogen) atoms. The molecular weight excluding hydrogens is 339 g/mol. The quantitative estimate of drug-likeness (QED) is 0.768. The summed E-state index contributed by atoms with van der Waals surface area (Å²) in [5.74, 6) is -1.60. The SMILES string of the molecule is O=C(COC(=O)Cn1nnc(-c2cccs2)n1)NCC(F)(F)F. The van der Waals surface area contributed by atoms with Crippen molar-refractivity contribution in [2.75, 3.05) is 13.2 Å². The Kier molecular flexibility index (Phi) is 5.26. The Morgan fingerprint density at radius 2 is 2.17 bits per heavy atom. The Bertz CT molecular complexity index is 671. The van der Waals surface area contributed by atoms with E-state index in [4.69, 9.17) is 0 Å². The summed E-state index contributed by atoms with van der Waals surface area (Å²) in [6.07, 6.45) is -4.53. The number of halogens is 3. The highest BCUT2D eigenvalue weighted by atomic mass is 32.1. The van der Waals surface area contributed by atoms with E-state index in [9.17, 15) is 22.8 Å². The number of thiophene rings is 1. The Morgan fingerprint density at radius 3 is 2.83 bits per heavy atom. The molecule has 2 aromatic rings. The minimum absolute atomic E-state index is 0.329. The van der Waals surface area contributed by atoms with Gasteiger partial charge in [0.1, 0.15) is 6.54 Å². The van der Waals surface area contributed by atoms with Crippen LogP contribution in [-0.4, -0.2) is 51.4 Å². The average Bonchev–Trinajstić information content (AvgIpc) is 3.12. The molecule has 8 nitrogen and oxygen atoms in total. The maximum absolute atomic E-state index is 11.9. The van der Waals surface area contributed by atoms with Crippen LogP contribution in [-0.2, 0) is 20.9 Å². The molecule has 0 fully saturated rings. The van der Waals surface area contributed by atoms with Gasteiger partial charge in [-0.1, -0.05) is 6.07 Å². The number of carbonyl (C=O) groups excluding carboxylic acids is 2. The number of rotatable bonds is 6. The molecule has 2 rings (SSSR count). The molecule has 1 amide bonds. The van der Waals surface area contributed by atoms with Gasteiger partial charge in [-0.3, -0.25) is 4.79 Å². The zero-order valence-corrected chi connectivity index (χ0v) is 12.2. The summed E-state index contributed by atoms with van der Waals surface area (Å²) in [6, 6.07) is 3.57. The molecular formula is C11H10F3N5O3S. The van der Waals surface area contributed by atoms with Crippen LogP contribution in [0.4, 0.5) is 13.2 Å². The largest absolute Gasteiger partial charge is 0.454 e. The van der Waals surface area contributed by atoms with Crippen LogP contribution in [0.15, 0.2) is 17.5 Å². The third-order valence-electron chi connectivity index (χ3n) is 2.32. The average molecular weight is 349 g/mol. The molecule has 0 unspecified atom stereocenters. The van der Waals surface area contributed by atoms with E-state index < -0.39 is 37.7 Å². The number of hydrogen-bond acceptors (Lipinski definition) is 7. The summed E-state index contributed by atoms with van der Waals surface area (Å²) in [5, 5.41) is 14.7. The van der Waals surface area contributed by atoms with E-state index in [-0.39, 0.29) is 0 Å². The summed E-state index contributed by atoms with van der Waals surface area (Å²) < 4.78 is 40.1. The number of nitrogens with one attached hydrogen (secondary N) is 1. The van der Waals surface area contributed by atoms with Crippen LogP contribution in [0.25, 0.3) is 10.7 Å². The molecule has 2 heterocycles. The molecule has 124 valence electrons. The van der Waals surface area contributed by atoms with Crippen LogP contribution in [0.1, 0.15) is 0 Å². The molecule has 0 aliphatic rings. The smallest absolute Gasteiger partial charge is 0.405 e. The molecule has 0 aliphatic carbocycles. The minimum atomic E-state index is -4.53. The Labute approximate surface area is 131 Å². The van der Waals surface area contributed by atoms with Crippen LogP contribution in [0.2, 0.25) is 0 Å². The minimum Gasteiger partial charge on any atom is -0.454 e. The van der Waals surface area contributed by atoms with Crippen molar-refractivity contribution in [2.24, 2.45) is 0 Å². The lowest BCUT2D eigenvalue weighted by atomic mass is 10.5. The van der Waals surface area contributed by atoms with Gasteiger partial charge in [-0.15, -0.1) is 21.5 Å². The summed E-state index contributed by atoms with van der Waals surface area (Å²) in [6.45, 7) is -2.72. The lowest BCUT2D eigenvalue weighted by Crippen LogP contribution is -2.36. The van der Waals surface area contributed by atoms with Crippen molar-refractivity contribution in [2.45, 2.75) is 12.7 Å². The van der Waals surface area contributed by atoms with Crippen molar-refractivity contribution < 1.29 is 27.5 Å². The van der Waals surface area contributed by atoms with Gasteiger partial charge in [0, 0.05) is 0 Å². The van der Waals surface area contributed by atoms with E-state index >= 15 is 0 Å². The molecule has 0 aliphatic heterocycles. The molecule has 1 N–H and O–H groups in total. The lowest BCUT2D eigenvalue weighted by molar-refractivity contribution is -0.152. The highest BCUT2D eigenvalue weighted by molar-refractivity contribution is 7.13. The van der Waals surface area contributed by atoms with E-state index in [1.165, 1.54) is 11.3 Å². The molecule has 0 bridgehead atoms. The first-order chi connectivity index (χ1) is 10.8. The second-order valence-corrected chi connectivity index (χ2v) is 5.12. The number of carbonyl (C=O) groups is 2. The first-order valence-corrected chi connectivity index (χ1v) is 7.02. The zero-order valence-electron chi connectivity index (χ0n) is 11.4. The highest BCUT2D eigenvalue weighted by Crippen LogP contribution is 2.19. The van der Waals surface area contributed by atoms with Crippen LogP contribution < -0.4 is 5.32 Å². The summed E-state index contributed by atoms with van der Waals surface area (Å²) in [7, 11) is 0. The zero-order chi connectivity index (χ0) is 16.9. The Hall–Kier alpha value is -2.50. The summed E-state index contributed by atoms with van der Waals surface area (Å²) in [5.41, 5.74) is 0. The van der Waals surface area contributed by atoms with Crippen LogP contribution in [0, 0.1) is 0 Å². The standard InChI is InChI=1S/C11H10F3N5O3S/c12-11(13,14)6-15-8(20)5-22-9(21)4-19-17-10(16-18-19)7-2-1-3-23-7/h1-3H,4-6H2,(H,15,20). The van der Waals surface area contributed by atoms with Gasteiger partial charge in [0.15, 0.2) is 13.2 Å². The monoisotopic (exact) mass is 349 g/mol. The molecule has 0 saturated heterocycles. The molecule has 2 aromatic heterocycles. The maximum Gasteiger partial charge on any atom is 0.405 e. The fourth-order valence-corrected chi connectivity index (χ4v) is 2.02. The van der Waals surface area contributed by atoms with Crippen molar-refractivity contribution in [3.63, 3.8) is 0 Å². The number of tetrazole rings is 1. The first-order valence-electron chi connectivity index (χ1n) is 6.14. The molecule has 0 spiro atoms. The molecule has 0 aromatic carbocycles. The van der Waals surface area contributed by atoms with Crippen molar-refractivity contribution in [3.8, 4) is 10.7 Å². The third kappa shape index (κ3) is 5.65. The predicted molar refractivity (Wildman–Crippen MR) is 71.2 cm³/mol. The third-order valence-corrected chi connectivity index (χ3v) is 3.18. The fourth-order valence-electron chi connectivity index (χ4n) is 1.37. The van der Waals surface area contributed by atoms with E-state index in [1.54, 1.807) is 17.4 Å². The normalized spacial score (nSPS) is 11.3. The molecule has 0 atom stereocenters. The van der Waals surface area contributed by atoms with E-state index in [0.29, 0.717) is 5.82 Å². The van der Waals surface area contributed by atoms with Crippen molar-refractivity contribution in [3.05, 3.63) is 17.5 Å². The van der Waals surface area contributed by atoms with Gasteiger partial charge in [-0.05, 0) is 16.7 Å².